The molecule has 1 fully saturated rings. The SMILES string of the molecule is O=CNC1CCCC(NC=O)C1. The summed E-state index contributed by atoms with van der Waals surface area (Å²) in [5.41, 5.74) is 0. The van der Waals surface area contributed by atoms with Crippen LogP contribution in [0.4, 0.5) is 0 Å². The minimum atomic E-state index is 0.244. The largest absolute Gasteiger partial charge is 0.356 e. The molecule has 2 unspecified atom stereocenters. The predicted molar refractivity (Wildman–Crippen MR) is 44.4 cm³/mol. The number of hydrogen-bond donors (Lipinski definition) is 2. The summed E-state index contributed by atoms with van der Waals surface area (Å²) < 4.78 is 0. The average molecular weight is 170 g/mol. The Bertz CT molecular complexity index is 145. The van der Waals surface area contributed by atoms with E-state index >= 15 is 0 Å². The Morgan fingerprint density at radius 3 is 1.92 bits per heavy atom. The molecule has 12 heavy (non-hydrogen) atoms. The number of carbonyl (C=O) groups is 2. The molecule has 0 aromatic rings. The molecule has 2 atom stereocenters. The van der Waals surface area contributed by atoms with Crippen LogP contribution < -0.4 is 10.6 Å². The number of carbonyl (C=O) groups excluding carboxylic acids is 2. The lowest BCUT2D eigenvalue weighted by Crippen LogP contribution is -2.41. The summed E-state index contributed by atoms with van der Waals surface area (Å²) in [6.45, 7) is 0. The fourth-order valence-electron chi connectivity index (χ4n) is 1.68. The maximum absolute atomic E-state index is 10.1. The Morgan fingerprint density at radius 2 is 1.50 bits per heavy atom. The van der Waals surface area contributed by atoms with Crippen molar-refractivity contribution in [2.45, 2.75) is 37.8 Å². The van der Waals surface area contributed by atoms with Gasteiger partial charge in [-0.2, -0.15) is 0 Å². The normalized spacial score (nSPS) is 29.0. The highest BCUT2D eigenvalue weighted by molar-refractivity contribution is 5.47. The van der Waals surface area contributed by atoms with Gasteiger partial charge in [-0.3, -0.25) is 9.59 Å². The van der Waals surface area contributed by atoms with Gasteiger partial charge < -0.3 is 10.6 Å². The molecule has 68 valence electrons. The van der Waals surface area contributed by atoms with E-state index in [-0.39, 0.29) is 12.1 Å². The van der Waals surface area contributed by atoms with Crippen molar-refractivity contribution in [1.29, 1.82) is 0 Å². The van der Waals surface area contributed by atoms with Gasteiger partial charge in [0.25, 0.3) is 0 Å². The van der Waals surface area contributed by atoms with Crippen molar-refractivity contribution >= 4 is 12.8 Å². The van der Waals surface area contributed by atoms with E-state index in [0.29, 0.717) is 0 Å². The predicted octanol–water partition coefficient (Wildman–Crippen LogP) is -0.210. The first kappa shape index (κ1) is 9.03. The van der Waals surface area contributed by atoms with Crippen molar-refractivity contribution in [2.75, 3.05) is 0 Å². The standard InChI is InChI=1S/C8H14N2O2/c11-5-9-7-2-1-3-8(4-7)10-6-12/h5-8H,1-4H2,(H,9,11)(H,10,12). The van der Waals surface area contributed by atoms with Crippen molar-refractivity contribution in [3.63, 3.8) is 0 Å². The van der Waals surface area contributed by atoms with E-state index in [1.165, 1.54) is 0 Å². The first-order valence-corrected chi connectivity index (χ1v) is 4.26. The van der Waals surface area contributed by atoms with Crippen LogP contribution in [-0.2, 0) is 9.59 Å². The molecule has 1 aliphatic rings. The lowest BCUT2D eigenvalue weighted by molar-refractivity contribution is -0.110. The van der Waals surface area contributed by atoms with Gasteiger partial charge in [0.1, 0.15) is 0 Å². The second-order valence-electron chi connectivity index (χ2n) is 3.13. The third kappa shape index (κ3) is 2.53. The Balaban J connectivity index is 2.29. The van der Waals surface area contributed by atoms with Gasteiger partial charge >= 0.3 is 0 Å². The summed E-state index contributed by atoms with van der Waals surface area (Å²) in [6.07, 6.45) is 5.43. The van der Waals surface area contributed by atoms with Crippen molar-refractivity contribution < 1.29 is 9.59 Å². The van der Waals surface area contributed by atoms with Gasteiger partial charge in [0.15, 0.2) is 0 Å². The summed E-state index contributed by atoms with van der Waals surface area (Å²) in [5.74, 6) is 0. The molecule has 0 saturated heterocycles. The monoisotopic (exact) mass is 170 g/mol. The molecule has 0 aliphatic heterocycles. The maximum Gasteiger partial charge on any atom is 0.207 e. The molecule has 2 N–H and O–H groups in total. The number of nitrogens with one attached hydrogen (secondary N) is 2. The van der Waals surface area contributed by atoms with Crippen LogP contribution in [-0.4, -0.2) is 24.9 Å². The van der Waals surface area contributed by atoms with Crippen molar-refractivity contribution in [2.24, 2.45) is 0 Å². The molecule has 0 heterocycles. The molecule has 2 amide bonds. The second-order valence-corrected chi connectivity index (χ2v) is 3.13. The summed E-state index contributed by atoms with van der Waals surface area (Å²) in [5, 5.41) is 5.47. The quantitative estimate of drug-likeness (QED) is 0.573. The fourth-order valence-corrected chi connectivity index (χ4v) is 1.68. The van der Waals surface area contributed by atoms with Crippen LogP contribution in [0.3, 0.4) is 0 Å². The summed E-state index contributed by atoms with van der Waals surface area (Å²) in [6, 6.07) is 0.488. The number of amides is 2. The fraction of sp³-hybridized carbons (Fsp3) is 0.750. The molecule has 0 spiro atoms. The maximum atomic E-state index is 10.1. The van der Waals surface area contributed by atoms with E-state index in [9.17, 15) is 9.59 Å². The Kier molecular flexibility index (Phi) is 3.57. The zero-order chi connectivity index (χ0) is 8.81. The van der Waals surface area contributed by atoms with E-state index in [4.69, 9.17) is 0 Å². The van der Waals surface area contributed by atoms with E-state index in [1.54, 1.807) is 0 Å². The first-order valence-electron chi connectivity index (χ1n) is 4.26. The highest BCUT2D eigenvalue weighted by Crippen LogP contribution is 2.17. The molecule has 1 saturated carbocycles. The van der Waals surface area contributed by atoms with Crippen LogP contribution in [0.15, 0.2) is 0 Å². The Hall–Kier alpha value is -1.06. The van der Waals surface area contributed by atoms with Crippen LogP contribution in [0, 0.1) is 0 Å². The van der Waals surface area contributed by atoms with Gasteiger partial charge in [0, 0.05) is 12.1 Å². The van der Waals surface area contributed by atoms with E-state index in [2.05, 4.69) is 10.6 Å². The van der Waals surface area contributed by atoms with Gasteiger partial charge in [-0.25, -0.2) is 0 Å². The van der Waals surface area contributed by atoms with E-state index in [1.807, 2.05) is 0 Å². The van der Waals surface area contributed by atoms with Crippen LogP contribution >= 0.6 is 0 Å². The van der Waals surface area contributed by atoms with Crippen molar-refractivity contribution in [3.8, 4) is 0 Å². The zero-order valence-electron chi connectivity index (χ0n) is 6.95. The van der Waals surface area contributed by atoms with E-state index in [0.717, 1.165) is 38.5 Å². The third-order valence-corrected chi connectivity index (χ3v) is 2.28. The second kappa shape index (κ2) is 4.74. The molecule has 4 heteroatoms. The van der Waals surface area contributed by atoms with Crippen LogP contribution in [0.5, 0.6) is 0 Å². The number of hydrogen-bond acceptors (Lipinski definition) is 2. The number of rotatable bonds is 4. The molecule has 4 nitrogen and oxygen atoms in total. The molecule has 0 radical (unpaired) electrons. The van der Waals surface area contributed by atoms with Crippen LogP contribution in [0.25, 0.3) is 0 Å². The average Bonchev–Trinajstić information content (AvgIpc) is 2.06. The molecular weight excluding hydrogens is 156 g/mol. The molecule has 1 aliphatic carbocycles. The van der Waals surface area contributed by atoms with Gasteiger partial charge in [0.2, 0.25) is 12.8 Å². The smallest absolute Gasteiger partial charge is 0.207 e. The van der Waals surface area contributed by atoms with Gasteiger partial charge in [0.05, 0.1) is 0 Å². The summed E-state index contributed by atoms with van der Waals surface area (Å²) in [4.78, 5) is 20.3. The van der Waals surface area contributed by atoms with Crippen LogP contribution in [0.2, 0.25) is 0 Å². The third-order valence-electron chi connectivity index (χ3n) is 2.28. The van der Waals surface area contributed by atoms with E-state index < -0.39 is 0 Å². The van der Waals surface area contributed by atoms with Gasteiger partial charge in [-0.1, -0.05) is 0 Å². The summed E-state index contributed by atoms with van der Waals surface area (Å²) >= 11 is 0. The summed E-state index contributed by atoms with van der Waals surface area (Å²) in [7, 11) is 0. The molecule has 0 aromatic carbocycles. The molecular formula is C8H14N2O2. The lowest BCUT2D eigenvalue weighted by Gasteiger charge is -2.27. The minimum Gasteiger partial charge on any atom is -0.356 e. The zero-order valence-corrected chi connectivity index (χ0v) is 6.95. The van der Waals surface area contributed by atoms with Gasteiger partial charge in [-0.15, -0.1) is 0 Å². The highest BCUT2D eigenvalue weighted by Gasteiger charge is 2.20. The Labute approximate surface area is 71.7 Å². The molecule has 1 rings (SSSR count). The van der Waals surface area contributed by atoms with Gasteiger partial charge in [-0.05, 0) is 25.7 Å². The van der Waals surface area contributed by atoms with Crippen LogP contribution in [0.1, 0.15) is 25.7 Å². The lowest BCUT2D eigenvalue weighted by atomic mass is 9.91. The minimum absolute atomic E-state index is 0.244. The first-order chi connectivity index (χ1) is 5.86. The Morgan fingerprint density at radius 1 is 1.00 bits per heavy atom. The molecule has 0 aromatic heterocycles. The van der Waals surface area contributed by atoms with Crippen molar-refractivity contribution in [3.05, 3.63) is 0 Å². The topological polar surface area (TPSA) is 58.2 Å². The highest BCUT2D eigenvalue weighted by atomic mass is 16.1. The van der Waals surface area contributed by atoms with Crippen molar-refractivity contribution in [1.82, 2.24) is 10.6 Å². The molecule has 0 bridgehead atoms.